The van der Waals surface area contributed by atoms with Crippen molar-refractivity contribution in [1.29, 1.82) is 0 Å². The number of pyridine rings is 1. The van der Waals surface area contributed by atoms with Crippen molar-refractivity contribution in [2.75, 3.05) is 20.1 Å². The van der Waals surface area contributed by atoms with Gasteiger partial charge in [-0.05, 0) is 38.1 Å². The average Bonchev–Trinajstić information content (AvgIpc) is 2.70. The van der Waals surface area contributed by atoms with E-state index in [0.29, 0.717) is 6.04 Å². The van der Waals surface area contributed by atoms with E-state index in [1.165, 1.54) is 24.9 Å². The van der Waals surface area contributed by atoms with Gasteiger partial charge in [-0.3, -0.25) is 9.88 Å². The summed E-state index contributed by atoms with van der Waals surface area (Å²) in [4.78, 5) is 6.51. The minimum Gasteiger partial charge on any atom is -0.318 e. The van der Waals surface area contributed by atoms with Crippen LogP contribution in [0.1, 0.15) is 18.4 Å². The van der Waals surface area contributed by atoms with E-state index in [9.17, 15) is 0 Å². The number of halogens is 1. The van der Waals surface area contributed by atoms with Gasteiger partial charge in [-0.2, -0.15) is 0 Å². The third kappa shape index (κ3) is 2.73. The molecule has 4 heteroatoms. The van der Waals surface area contributed by atoms with Crippen LogP contribution in [0.15, 0.2) is 18.5 Å². The molecular formula is C12H18ClN3. The minimum atomic E-state index is 0.647. The highest BCUT2D eigenvalue weighted by Gasteiger charge is 2.24. The highest BCUT2D eigenvalue weighted by molar-refractivity contribution is 6.31. The fourth-order valence-electron chi connectivity index (χ4n) is 2.32. The Morgan fingerprint density at radius 1 is 1.62 bits per heavy atom. The summed E-state index contributed by atoms with van der Waals surface area (Å²) < 4.78 is 0. The van der Waals surface area contributed by atoms with Gasteiger partial charge in [0.15, 0.2) is 0 Å². The molecule has 3 nitrogen and oxygen atoms in total. The average molecular weight is 240 g/mol. The van der Waals surface area contributed by atoms with Gasteiger partial charge in [0, 0.05) is 31.5 Å². The number of likely N-dealkylation sites (N-methyl/N-ethyl adjacent to an activating group) is 1. The molecule has 1 aromatic heterocycles. The van der Waals surface area contributed by atoms with E-state index in [0.717, 1.165) is 18.1 Å². The van der Waals surface area contributed by atoms with Crippen LogP contribution in [0.4, 0.5) is 0 Å². The predicted molar refractivity (Wildman–Crippen MR) is 66.6 cm³/mol. The van der Waals surface area contributed by atoms with Crippen molar-refractivity contribution in [3.63, 3.8) is 0 Å². The SMILES string of the molecule is CNCC1CCCN1Cc1ccncc1Cl. The Balaban J connectivity index is 2.01. The molecule has 1 saturated heterocycles. The largest absolute Gasteiger partial charge is 0.318 e. The highest BCUT2D eigenvalue weighted by atomic mass is 35.5. The lowest BCUT2D eigenvalue weighted by Crippen LogP contribution is -2.36. The summed E-state index contributed by atoms with van der Waals surface area (Å²) in [6.07, 6.45) is 6.10. The smallest absolute Gasteiger partial charge is 0.0634 e. The molecule has 2 rings (SSSR count). The van der Waals surface area contributed by atoms with E-state index in [-0.39, 0.29) is 0 Å². The van der Waals surface area contributed by atoms with Crippen LogP contribution in [0.25, 0.3) is 0 Å². The summed E-state index contributed by atoms with van der Waals surface area (Å²) in [6, 6.07) is 2.66. The lowest BCUT2D eigenvalue weighted by Gasteiger charge is -2.24. The fourth-order valence-corrected chi connectivity index (χ4v) is 2.50. The molecule has 0 radical (unpaired) electrons. The van der Waals surface area contributed by atoms with Crippen molar-refractivity contribution in [2.45, 2.75) is 25.4 Å². The molecule has 1 aromatic rings. The second kappa shape index (κ2) is 5.62. The Bertz CT molecular complexity index is 343. The van der Waals surface area contributed by atoms with Gasteiger partial charge in [0.1, 0.15) is 0 Å². The summed E-state index contributed by atoms with van der Waals surface area (Å²) in [7, 11) is 2.01. The zero-order valence-electron chi connectivity index (χ0n) is 9.62. The maximum Gasteiger partial charge on any atom is 0.0634 e. The van der Waals surface area contributed by atoms with Crippen molar-refractivity contribution in [3.05, 3.63) is 29.0 Å². The number of nitrogens with zero attached hydrogens (tertiary/aromatic N) is 2. The Kier molecular flexibility index (Phi) is 4.16. The number of likely N-dealkylation sites (tertiary alicyclic amines) is 1. The van der Waals surface area contributed by atoms with Gasteiger partial charge in [0.05, 0.1) is 5.02 Å². The summed E-state index contributed by atoms with van der Waals surface area (Å²) in [5.74, 6) is 0. The zero-order valence-corrected chi connectivity index (χ0v) is 10.4. The third-order valence-corrected chi connectivity index (χ3v) is 3.51. The lowest BCUT2D eigenvalue weighted by atomic mass is 10.2. The first-order chi connectivity index (χ1) is 7.81. The number of rotatable bonds is 4. The molecule has 0 amide bonds. The van der Waals surface area contributed by atoms with Crippen LogP contribution < -0.4 is 5.32 Å². The molecule has 2 heterocycles. The fraction of sp³-hybridized carbons (Fsp3) is 0.583. The number of hydrogen-bond donors (Lipinski definition) is 1. The zero-order chi connectivity index (χ0) is 11.4. The van der Waals surface area contributed by atoms with Gasteiger partial charge in [-0.1, -0.05) is 11.6 Å². The second-order valence-corrected chi connectivity index (χ2v) is 4.70. The molecule has 1 aliphatic rings. The summed E-state index contributed by atoms with van der Waals surface area (Å²) >= 11 is 6.12. The molecule has 1 aliphatic heterocycles. The van der Waals surface area contributed by atoms with Crippen LogP contribution >= 0.6 is 11.6 Å². The first kappa shape index (κ1) is 11.8. The normalized spacial score (nSPS) is 21.5. The number of hydrogen-bond acceptors (Lipinski definition) is 3. The van der Waals surface area contributed by atoms with E-state index in [4.69, 9.17) is 11.6 Å². The molecule has 0 aromatic carbocycles. The van der Waals surface area contributed by atoms with Crippen molar-refractivity contribution in [1.82, 2.24) is 15.2 Å². The van der Waals surface area contributed by atoms with Gasteiger partial charge in [-0.15, -0.1) is 0 Å². The molecule has 0 saturated carbocycles. The van der Waals surface area contributed by atoms with E-state index in [1.54, 1.807) is 6.20 Å². The van der Waals surface area contributed by atoms with Crippen molar-refractivity contribution in [2.24, 2.45) is 0 Å². The van der Waals surface area contributed by atoms with Crippen LogP contribution in [0.5, 0.6) is 0 Å². The van der Waals surface area contributed by atoms with E-state index in [1.807, 2.05) is 19.3 Å². The summed E-state index contributed by atoms with van der Waals surface area (Å²) in [5, 5.41) is 4.03. The first-order valence-corrected chi connectivity index (χ1v) is 6.16. The second-order valence-electron chi connectivity index (χ2n) is 4.29. The van der Waals surface area contributed by atoms with Gasteiger partial charge >= 0.3 is 0 Å². The van der Waals surface area contributed by atoms with Gasteiger partial charge < -0.3 is 5.32 Å². The minimum absolute atomic E-state index is 0.647. The molecule has 0 aliphatic carbocycles. The standard InChI is InChI=1S/C12H18ClN3/c1-14-7-11-3-2-6-16(11)9-10-4-5-15-8-12(10)13/h4-5,8,11,14H,2-3,6-7,9H2,1H3. The van der Waals surface area contributed by atoms with Crippen molar-refractivity contribution >= 4 is 11.6 Å². The van der Waals surface area contributed by atoms with Crippen LogP contribution in [-0.2, 0) is 6.54 Å². The Morgan fingerprint density at radius 3 is 3.25 bits per heavy atom. The summed E-state index contributed by atoms with van der Waals surface area (Å²) in [6.45, 7) is 3.17. The van der Waals surface area contributed by atoms with Gasteiger partial charge in [0.25, 0.3) is 0 Å². The number of nitrogens with one attached hydrogen (secondary N) is 1. The van der Waals surface area contributed by atoms with E-state index < -0.39 is 0 Å². The maximum absolute atomic E-state index is 6.12. The molecule has 0 bridgehead atoms. The lowest BCUT2D eigenvalue weighted by molar-refractivity contribution is 0.242. The Morgan fingerprint density at radius 2 is 2.50 bits per heavy atom. The molecule has 0 spiro atoms. The van der Waals surface area contributed by atoms with E-state index >= 15 is 0 Å². The molecular weight excluding hydrogens is 222 g/mol. The monoisotopic (exact) mass is 239 g/mol. The molecule has 1 unspecified atom stereocenters. The van der Waals surface area contributed by atoms with Gasteiger partial charge in [0.2, 0.25) is 0 Å². The molecule has 1 atom stereocenters. The van der Waals surface area contributed by atoms with Crippen LogP contribution in [-0.4, -0.2) is 36.1 Å². The quantitative estimate of drug-likeness (QED) is 0.870. The third-order valence-electron chi connectivity index (χ3n) is 3.17. The molecule has 88 valence electrons. The van der Waals surface area contributed by atoms with Crippen LogP contribution in [0, 0.1) is 0 Å². The Hall–Kier alpha value is -0.640. The van der Waals surface area contributed by atoms with Gasteiger partial charge in [-0.25, -0.2) is 0 Å². The predicted octanol–water partition coefficient (Wildman–Crippen LogP) is 1.92. The number of aromatic nitrogens is 1. The first-order valence-electron chi connectivity index (χ1n) is 5.78. The van der Waals surface area contributed by atoms with Crippen LogP contribution in [0.2, 0.25) is 5.02 Å². The topological polar surface area (TPSA) is 28.2 Å². The maximum atomic E-state index is 6.12. The molecule has 16 heavy (non-hydrogen) atoms. The Labute approximate surface area is 102 Å². The summed E-state index contributed by atoms with van der Waals surface area (Å²) in [5.41, 5.74) is 1.18. The van der Waals surface area contributed by atoms with Crippen molar-refractivity contribution < 1.29 is 0 Å². The van der Waals surface area contributed by atoms with Crippen molar-refractivity contribution in [3.8, 4) is 0 Å². The van der Waals surface area contributed by atoms with Crippen LogP contribution in [0.3, 0.4) is 0 Å². The molecule has 1 N–H and O–H groups in total. The highest BCUT2D eigenvalue weighted by Crippen LogP contribution is 2.22. The molecule has 1 fully saturated rings. The van der Waals surface area contributed by atoms with E-state index in [2.05, 4.69) is 15.2 Å².